The lowest BCUT2D eigenvalue weighted by Crippen LogP contribution is -2.48. The Morgan fingerprint density at radius 1 is 1.32 bits per heavy atom. The molecule has 0 saturated carbocycles. The Kier molecular flexibility index (Phi) is 3.83. The molecular weight excluding hydrogens is 282 g/mol. The number of carbonyl (C=O) groups excluding carboxylic acids is 1. The number of hydrogen-bond donors (Lipinski definition) is 0. The van der Waals surface area contributed by atoms with Gasteiger partial charge >= 0.3 is 0 Å². The second kappa shape index (κ2) is 5.79. The highest BCUT2D eigenvalue weighted by atomic mass is 16.5. The lowest BCUT2D eigenvalue weighted by molar-refractivity contribution is 0.0569. The van der Waals surface area contributed by atoms with Gasteiger partial charge in [-0.2, -0.15) is 4.98 Å². The zero-order valence-electron chi connectivity index (χ0n) is 12.9. The normalized spacial score (nSPS) is 15.0. The van der Waals surface area contributed by atoms with Crippen LogP contribution >= 0.6 is 0 Å². The number of benzene rings is 1. The van der Waals surface area contributed by atoms with Crippen molar-refractivity contribution in [3.63, 3.8) is 0 Å². The van der Waals surface area contributed by atoms with E-state index in [1.165, 1.54) is 0 Å². The van der Waals surface area contributed by atoms with E-state index in [-0.39, 0.29) is 17.7 Å². The third kappa shape index (κ3) is 2.68. The van der Waals surface area contributed by atoms with Gasteiger partial charge < -0.3 is 14.2 Å². The van der Waals surface area contributed by atoms with Gasteiger partial charge in [-0.1, -0.05) is 19.0 Å². The summed E-state index contributed by atoms with van der Waals surface area (Å²) in [7, 11) is 1.60. The molecule has 0 radical (unpaired) electrons. The molecule has 6 heteroatoms. The molecule has 116 valence electrons. The van der Waals surface area contributed by atoms with Crippen molar-refractivity contribution in [2.45, 2.75) is 25.7 Å². The molecule has 3 rings (SSSR count). The molecular formula is C16H19N3O3. The van der Waals surface area contributed by atoms with Crippen molar-refractivity contribution in [3.8, 4) is 5.75 Å². The fraction of sp³-hybridized carbons (Fsp3) is 0.438. The molecule has 1 aromatic carbocycles. The van der Waals surface area contributed by atoms with Crippen molar-refractivity contribution in [2.75, 3.05) is 20.2 Å². The van der Waals surface area contributed by atoms with Crippen LogP contribution in [0, 0.1) is 0 Å². The Morgan fingerprint density at radius 3 is 2.55 bits per heavy atom. The number of nitrogens with zero attached hydrogens (tertiary/aromatic N) is 3. The summed E-state index contributed by atoms with van der Waals surface area (Å²) in [6.45, 7) is 5.28. The molecule has 2 heterocycles. The van der Waals surface area contributed by atoms with Gasteiger partial charge in [0, 0.05) is 24.6 Å². The number of likely N-dealkylation sites (tertiary alicyclic amines) is 1. The van der Waals surface area contributed by atoms with Crippen molar-refractivity contribution >= 4 is 5.91 Å². The maximum Gasteiger partial charge on any atom is 0.253 e. The van der Waals surface area contributed by atoms with E-state index in [2.05, 4.69) is 10.1 Å². The smallest absolute Gasteiger partial charge is 0.253 e. The van der Waals surface area contributed by atoms with Crippen molar-refractivity contribution < 1.29 is 14.1 Å². The second-order valence-electron chi connectivity index (χ2n) is 5.78. The molecule has 0 N–H and O–H groups in total. The van der Waals surface area contributed by atoms with Crippen LogP contribution in [0.4, 0.5) is 0 Å². The molecule has 1 saturated heterocycles. The Hall–Kier alpha value is -2.37. The van der Waals surface area contributed by atoms with Gasteiger partial charge in [0.2, 0.25) is 5.89 Å². The Balaban J connectivity index is 1.60. The van der Waals surface area contributed by atoms with Crippen molar-refractivity contribution in [1.29, 1.82) is 0 Å². The standard InChI is InChI=1S/C16H19N3O3/c1-10(2)14-17-15(22-18-14)12-8-19(9-12)16(20)11-4-6-13(21-3)7-5-11/h4-7,10,12H,8-9H2,1-3H3. The average Bonchev–Trinajstić information content (AvgIpc) is 2.95. The molecule has 0 atom stereocenters. The van der Waals surface area contributed by atoms with Gasteiger partial charge in [0.25, 0.3) is 5.91 Å². The van der Waals surface area contributed by atoms with Gasteiger partial charge in [0.15, 0.2) is 5.82 Å². The van der Waals surface area contributed by atoms with Crippen LogP contribution in [0.5, 0.6) is 5.75 Å². The fourth-order valence-corrected chi connectivity index (χ4v) is 2.36. The highest BCUT2D eigenvalue weighted by Gasteiger charge is 2.36. The highest BCUT2D eigenvalue weighted by Crippen LogP contribution is 2.28. The van der Waals surface area contributed by atoms with Crippen LogP contribution in [-0.4, -0.2) is 41.1 Å². The van der Waals surface area contributed by atoms with Crippen LogP contribution in [0.1, 0.15) is 47.8 Å². The first-order chi connectivity index (χ1) is 10.6. The molecule has 22 heavy (non-hydrogen) atoms. The maximum absolute atomic E-state index is 12.3. The number of carbonyl (C=O) groups is 1. The van der Waals surface area contributed by atoms with Gasteiger partial charge in [0.05, 0.1) is 13.0 Å². The number of methoxy groups -OCH3 is 1. The van der Waals surface area contributed by atoms with Crippen molar-refractivity contribution in [3.05, 3.63) is 41.5 Å². The first-order valence-electron chi connectivity index (χ1n) is 7.35. The van der Waals surface area contributed by atoms with E-state index in [4.69, 9.17) is 9.26 Å². The number of amides is 1. The lowest BCUT2D eigenvalue weighted by atomic mass is 9.98. The lowest BCUT2D eigenvalue weighted by Gasteiger charge is -2.37. The Morgan fingerprint density at radius 2 is 2.00 bits per heavy atom. The van der Waals surface area contributed by atoms with Gasteiger partial charge in [-0.25, -0.2) is 0 Å². The minimum Gasteiger partial charge on any atom is -0.497 e. The van der Waals surface area contributed by atoms with Gasteiger partial charge in [-0.15, -0.1) is 0 Å². The molecule has 0 bridgehead atoms. The van der Waals surface area contributed by atoms with Gasteiger partial charge in [0.1, 0.15) is 5.75 Å². The number of aromatic nitrogens is 2. The number of ether oxygens (including phenoxy) is 1. The van der Waals surface area contributed by atoms with E-state index in [9.17, 15) is 4.79 Å². The van der Waals surface area contributed by atoms with Crippen molar-refractivity contribution in [1.82, 2.24) is 15.0 Å². The highest BCUT2D eigenvalue weighted by molar-refractivity contribution is 5.95. The summed E-state index contributed by atoms with van der Waals surface area (Å²) >= 11 is 0. The molecule has 1 aliphatic rings. The first-order valence-corrected chi connectivity index (χ1v) is 7.35. The van der Waals surface area contributed by atoms with Gasteiger partial charge in [-0.05, 0) is 24.3 Å². The van der Waals surface area contributed by atoms with E-state index in [0.29, 0.717) is 24.5 Å². The third-order valence-electron chi connectivity index (χ3n) is 3.83. The van der Waals surface area contributed by atoms with Crippen LogP contribution in [0.2, 0.25) is 0 Å². The zero-order valence-corrected chi connectivity index (χ0v) is 12.9. The maximum atomic E-state index is 12.3. The molecule has 2 aromatic rings. The van der Waals surface area contributed by atoms with Gasteiger partial charge in [-0.3, -0.25) is 4.79 Å². The Labute approximate surface area is 129 Å². The summed E-state index contributed by atoms with van der Waals surface area (Å²) < 4.78 is 10.4. The third-order valence-corrected chi connectivity index (χ3v) is 3.83. The summed E-state index contributed by atoms with van der Waals surface area (Å²) in [4.78, 5) is 18.5. The molecule has 0 aliphatic carbocycles. The van der Waals surface area contributed by atoms with E-state index in [1.807, 2.05) is 13.8 Å². The minimum absolute atomic E-state index is 0.0162. The molecule has 1 aromatic heterocycles. The van der Waals surface area contributed by atoms with Crippen LogP contribution < -0.4 is 4.74 Å². The van der Waals surface area contributed by atoms with Crippen LogP contribution in [0.15, 0.2) is 28.8 Å². The summed E-state index contributed by atoms with van der Waals surface area (Å²) in [6.07, 6.45) is 0. The van der Waals surface area contributed by atoms with E-state index in [0.717, 1.165) is 11.6 Å². The van der Waals surface area contributed by atoms with E-state index in [1.54, 1.807) is 36.3 Å². The summed E-state index contributed by atoms with van der Waals surface area (Å²) in [6, 6.07) is 7.13. The number of rotatable bonds is 4. The minimum atomic E-state index is 0.0162. The molecule has 1 aliphatic heterocycles. The number of hydrogen-bond acceptors (Lipinski definition) is 5. The van der Waals surface area contributed by atoms with E-state index >= 15 is 0 Å². The predicted molar refractivity (Wildman–Crippen MR) is 80.0 cm³/mol. The summed E-state index contributed by atoms with van der Waals surface area (Å²) in [5, 5.41) is 3.96. The molecule has 0 unspecified atom stereocenters. The van der Waals surface area contributed by atoms with Crippen LogP contribution in [0.3, 0.4) is 0 Å². The fourth-order valence-electron chi connectivity index (χ4n) is 2.36. The Bertz CT molecular complexity index is 658. The van der Waals surface area contributed by atoms with Crippen molar-refractivity contribution in [2.24, 2.45) is 0 Å². The topological polar surface area (TPSA) is 68.5 Å². The zero-order chi connectivity index (χ0) is 15.7. The summed E-state index contributed by atoms with van der Waals surface area (Å²) in [5.74, 6) is 2.49. The molecule has 6 nitrogen and oxygen atoms in total. The molecule has 0 spiro atoms. The second-order valence-corrected chi connectivity index (χ2v) is 5.78. The van der Waals surface area contributed by atoms with E-state index < -0.39 is 0 Å². The monoisotopic (exact) mass is 301 g/mol. The SMILES string of the molecule is COc1ccc(C(=O)N2CC(c3nc(C(C)C)no3)C2)cc1. The predicted octanol–water partition coefficient (Wildman–Crippen LogP) is 2.44. The summed E-state index contributed by atoms with van der Waals surface area (Å²) in [5.41, 5.74) is 0.660. The quantitative estimate of drug-likeness (QED) is 0.867. The largest absolute Gasteiger partial charge is 0.497 e. The first kappa shape index (κ1) is 14.6. The molecule has 1 fully saturated rings. The van der Waals surface area contributed by atoms with Crippen LogP contribution in [0.25, 0.3) is 0 Å². The molecule has 1 amide bonds. The van der Waals surface area contributed by atoms with Crippen LogP contribution in [-0.2, 0) is 0 Å². The average molecular weight is 301 g/mol.